The van der Waals surface area contributed by atoms with E-state index in [0.717, 1.165) is 0 Å². The number of carbonyl (C=O) groups excluding carboxylic acids is 2. The van der Waals surface area contributed by atoms with E-state index in [4.69, 9.17) is 0 Å². The summed E-state index contributed by atoms with van der Waals surface area (Å²) in [5, 5.41) is 3.01. The van der Waals surface area contributed by atoms with E-state index in [1.807, 2.05) is 34.9 Å². The molecule has 0 bridgehead atoms. The molecule has 0 saturated carbocycles. The molecule has 0 unspecified atom stereocenters. The van der Waals surface area contributed by atoms with Gasteiger partial charge in [-0.15, -0.1) is 11.8 Å². The Morgan fingerprint density at radius 1 is 1.23 bits per heavy atom. The number of thioether (sulfide) groups is 1. The Bertz CT molecular complexity index is 416. The first-order chi connectivity index (χ1) is 9.94. The number of hydrogen-bond acceptors (Lipinski definition) is 4. The molecule has 0 aromatic rings. The first-order valence-corrected chi connectivity index (χ1v) is 8.92. The van der Waals surface area contributed by atoms with Crippen LogP contribution in [0.25, 0.3) is 0 Å². The number of nitrogens with zero attached hydrogens (tertiary/aromatic N) is 2. The van der Waals surface area contributed by atoms with Gasteiger partial charge in [0.1, 0.15) is 6.04 Å². The maximum atomic E-state index is 12.5. The summed E-state index contributed by atoms with van der Waals surface area (Å²) in [6, 6.07) is -0.335. The molecule has 0 radical (unpaired) electrons. The van der Waals surface area contributed by atoms with Crippen LogP contribution in [-0.2, 0) is 9.59 Å². The summed E-state index contributed by atoms with van der Waals surface area (Å²) < 4.78 is 0. The second kappa shape index (κ2) is 7.21. The van der Waals surface area contributed by atoms with Gasteiger partial charge in [-0.25, -0.2) is 0 Å². The molecule has 0 aromatic carbocycles. The lowest BCUT2D eigenvalue weighted by Crippen LogP contribution is -2.53. The molecule has 1 aliphatic heterocycles. The molecule has 0 aliphatic carbocycles. The highest BCUT2D eigenvalue weighted by Crippen LogP contribution is 2.26. The number of amides is 2. The quantitative estimate of drug-likeness (QED) is 0.835. The molecule has 1 saturated heterocycles. The summed E-state index contributed by atoms with van der Waals surface area (Å²) >= 11 is 1.65. The minimum atomic E-state index is -0.335. The van der Waals surface area contributed by atoms with Gasteiger partial charge in [-0.05, 0) is 33.4 Å². The van der Waals surface area contributed by atoms with Gasteiger partial charge < -0.3 is 15.1 Å². The number of carbonyl (C=O) groups is 2. The Morgan fingerprint density at radius 3 is 2.32 bits per heavy atom. The van der Waals surface area contributed by atoms with Crippen LogP contribution in [0, 0.1) is 5.41 Å². The van der Waals surface area contributed by atoms with E-state index in [0.29, 0.717) is 24.6 Å². The van der Waals surface area contributed by atoms with Gasteiger partial charge >= 0.3 is 0 Å². The molecule has 1 N–H and O–H groups in total. The SMILES string of the molecule is CN(C)C(C)(C)CNC(=O)[C@H]1CSCN1C(=O)CC(C)(C)C. The molecule has 0 spiro atoms. The fraction of sp³-hybridized carbons (Fsp3) is 0.875. The van der Waals surface area contributed by atoms with Gasteiger partial charge in [-0.3, -0.25) is 9.59 Å². The van der Waals surface area contributed by atoms with E-state index in [-0.39, 0.29) is 28.8 Å². The smallest absolute Gasteiger partial charge is 0.243 e. The largest absolute Gasteiger partial charge is 0.352 e. The van der Waals surface area contributed by atoms with Crippen molar-refractivity contribution in [2.45, 2.75) is 52.6 Å². The second-order valence-corrected chi connectivity index (χ2v) is 9.04. The van der Waals surface area contributed by atoms with Crippen LogP contribution >= 0.6 is 11.8 Å². The van der Waals surface area contributed by atoms with Gasteiger partial charge in [0, 0.05) is 24.3 Å². The van der Waals surface area contributed by atoms with Gasteiger partial charge in [0.25, 0.3) is 0 Å². The highest BCUT2D eigenvalue weighted by molar-refractivity contribution is 7.99. The third kappa shape index (κ3) is 5.47. The zero-order valence-corrected chi connectivity index (χ0v) is 15.8. The predicted molar refractivity (Wildman–Crippen MR) is 92.8 cm³/mol. The molecule has 128 valence electrons. The van der Waals surface area contributed by atoms with Crippen molar-refractivity contribution in [3.05, 3.63) is 0 Å². The highest BCUT2D eigenvalue weighted by Gasteiger charge is 2.36. The van der Waals surface area contributed by atoms with E-state index >= 15 is 0 Å². The van der Waals surface area contributed by atoms with Crippen LogP contribution in [0.4, 0.5) is 0 Å². The predicted octanol–water partition coefficient (Wildman–Crippen LogP) is 1.78. The Labute approximate surface area is 139 Å². The van der Waals surface area contributed by atoms with Crippen molar-refractivity contribution in [2.75, 3.05) is 32.3 Å². The van der Waals surface area contributed by atoms with Gasteiger partial charge in [0.05, 0.1) is 5.88 Å². The maximum Gasteiger partial charge on any atom is 0.243 e. The van der Waals surface area contributed by atoms with Crippen LogP contribution < -0.4 is 5.32 Å². The Kier molecular flexibility index (Phi) is 6.33. The lowest BCUT2D eigenvalue weighted by molar-refractivity contribution is -0.139. The minimum absolute atomic E-state index is 0.0396. The molecule has 5 nitrogen and oxygen atoms in total. The topological polar surface area (TPSA) is 52.7 Å². The Morgan fingerprint density at radius 2 is 1.82 bits per heavy atom. The third-order valence-electron chi connectivity index (χ3n) is 4.09. The monoisotopic (exact) mass is 329 g/mol. The van der Waals surface area contributed by atoms with E-state index in [1.54, 1.807) is 16.7 Å². The maximum absolute atomic E-state index is 12.5. The number of likely N-dealkylation sites (N-methyl/N-ethyl adjacent to an activating group) is 1. The minimum Gasteiger partial charge on any atom is -0.352 e. The lowest BCUT2D eigenvalue weighted by atomic mass is 9.91. The fourth-order valence-corrected chi connectivity index (χ4v) is 3.22. The molecular weight excluding hydrogens is 298 g/mol. The van der Waals surface area contributed by atoms with Crippen LogP contribution in [0.15, 0.2) is 0 Å². The Balaban J connectivity index is 2.63. The number of nitrogens with one attached hydrogen (secondary N) is 1. The summed E-state index contributed by atoms with van der Waals surface area (Å²) in [5.41, 5.74) is -0.167. The van der Waals surface area contributed by atoms with Gasteiger partial charge in [0.15, 0.2) is 0 Å². The molecule has 1 heterocycles. The average Bonchev–Trinajstić information content (AvgIpc) is 2.83. The molecule has 1 fully saturated rings. The highest BCUT2D eigenvalue weighted by atomic mass is 32.2. The summed E-state index contributed by atoms with van der Waals surface area (Å²) in [7, 11) is 3.99. The van der Waals surface area contributed by atoms with Crippen molar-refractivity contribution >= 4 is 23.6 Å². The van der Waals surface area contributed by atoms with Crippen molar-refractivity contribution in [1.82, 2.24) is 15.1 Å². The number of rotatable bonds is 5. The molecule has 6 heteroatoms. The Hall–Kier alpha value is -0.750. The van der Waals surface area contributed by atoms with Crippen LogP contribution in [0.2, 0.25) is 0 Å². The van der Waals surface area contributed by atoms with E-state index in [1.165, 1.54) is 0 Å². The normalized spacial score (nSPS) is 19.6. The standard InChI is InChI=1S/C16H31N3O2S/c1-15(2,3)8-13(20)19-11-22-9-12(19)14(21)17-10-16(4,5)18(6)7/h12H,8-11H2,1-7H3,(H,17,21)/t12-/m1/s1. The lowest BCUT2D eigenvalue weighted by Gasteiger charge is -2.33. The van der Waals surface area contributed by atoms with Crippen LogP contribution in [0.1, 0.15) is 41.0 Å². The van der Waals surface area contributed by atoms with Crippen molar-refractivity contribution in [3.8, 4) is 0 Å². The molecular formula is C16H31N3O2S. The first kappa shape index (κ1) is 19.3. The summed E-state index contributed by atoms with van der Waals surface area (Å²) in [6.07, 6.45) is 0.473. The van der Waals surface area contributed by atoms with Crippen molar-refractivity contribution in [3.63, 3.8) is 0 Å². The zero-order valence-electron chi connectivity index (χ0n) is 15.0. The zero-order chi connectivity index (χ0) is 17.1. The fourth-order valence-electron chi connectivity index (χ4n) is 2.04. The summed E-state index contributed by atoms with van der Waals surface area (Å²) in [6.45, 7) is 10.9. The summed E-state index contributed by atoms with van der Waals surface area (Å²) in [4.78, 5) is 28.7. The van der Waals surface area contributed by atoms with Gasteiger partial charge in [0.2, 0.25) is 11.8 Å². The summed E-state index contributed by atoms with van der Waals surface area (Å²) in [5.74, 6) is 1.33. The van der Waals surface area contributed by atoms with Crippen molar-refractivity contribution in [2.24, 2.45) is 5.41 Å². The molecule has 22 heavy (non-hydrogen) atoms. The van der Waals surface area contributed by atoms with Crippen molar-refractivity contribution < 1.29 is 9.59 Å². The molecule has 2 amide bonds. The van der Waals surface area contributed by atoms with Crippen LogP contribution in [0.5, 0.6) is 0 Å². The van der Waals surface area contributed by atoms with E-state index in [9.17, 15) is 9.59 Å². The van der Waals surface area contributed by atoms with E-state index in [2.05, 4.69) is 24.1 Å². The second-order valence-electron chi connectivity index (χ2n) is 8.04. The molecule has 0 aromatic heterocycles. The van der Waals surface area contributed by atoms with Crippen molar-refractivity contribution in [1.29, 1.82) is 0 Å². The van der Waals surface area contributed by atoms with Crippen LogP contribution in [0.3, 0.4) is 0 Å². The van der Waals surface area contributed by atoms with Gasteiger partial charge in [-0.2, -0.15) is 0 Å². The third-order valence-corrected chi connectivity index (χ3v) is 5.10. The van der Waals surface area contributed by atoms with E-state index < -0.39 is 0 Å². The molecule has 1 atom stereocenters. The molecule has 1 aliphatic rings. The van der Waals surface area contributed by atoms with Gasteiger partial charge in [-0.1, -0.05) is 20.8 Å². The molecule has 1 rings (SSSR count). The first-order valence-electron chi connectivity index (χ1n) is 7.76. The number of hydrogen-bond donors (Lipinski definition) is 1. The van der Waals surface area contributed by atoms with Crippen LogP contribution in [-0.4, -0.2) is 65.5 Å². The average molecular weight is 330 g/mol.